The Kier molecular flexibility index (Phi) is 5.61. The van der Waals surface area contributed by atoms with Crippen LogP contribution in [0.5, 0.6) is 0 Å². The van der Waals surface area contributed by atoms with E-state index in [9.17, 15) is 0 Å². The smallest absolute Gasteiger partial charge is 0.127 e. The van der Waals surface area contributed by atoms with Gasteiger partial charge in [0, 0.05) is 18.8 Å². The van der Waals surface area contributed by atoms with E-state index in [2.05, 4.69) is 64.4 Å². The highest BCUT2D eigenvalue weighted by Gasteiger charge is 2.31. The van der Waals surface area contributed by atoms with E-state index < -0.39 is 0 Å². The van der Waals surface area contributed by atoms with Gasteiger partial charge in [-0.1, -0.05) is 19.4 Å². The molecule has 0 saturated carbocycles. The number of rotatable bonds is 3. The molecule has 1 aliphatic carbocycles. The maximum Gasteiger partial charge on any atom is 0.127 e. The average Bonchev–Trinajstić information content (AvgIpc) is 2.32. The first-order valence-electron chi connectivity index (χ1n) is 7.82. The summed E-state index contributed by atoms with van der Waals surface area (Å²) in [4.78, 5) is 6.97. The van der Waals surface area contributed by atoms with E-state index in [0.29, 0.717) is 11.5 Å². The van der Waals surface area contributed by atoms with Gasteiger partial charge in [0.25, 0.3) is 0 Å². The number of nitrogens with zero attached hydrogens (tertiary/aromatic N) is 2. The molecule has 0 aromatic carbocycles. The van der Waals surface area contributed by atoms with Gasteiger partial charge in [0.2, 0.25) is 0 Å². The van der Waals surface area contributed by atoms with Gasteiger partial charge in [-0.25, -0.2) is 0 Å². The van der Waals surface area contributed by atoms with Gasteiger partial charge in [-0.05, 0) is 70.9 Å². The molecule has 2 heteroatoms. The molecule has 2 nitrogen and oxygen atoms in total. The molecule has 114 valence electrons. The van der Waals surface area contributed by atoms with Crippen LogP contribution in [0.4, 0.5) is 0 Å². The van der Waals surface area contributed by atoms with Crippen molar-refractivity contribution in [3.63, 3.8) is 0 Å². The SMILES string of the molecule is CN=C(C=C(C)C)N(C1=C(C)C(C)(C)CCC1)C(C)C. The molecule has 0 saturated heterocycles. The molecular formula is C18H32N2. The number of allylic oxidation sites excluding steroid dienone is 3. The lowest BCUT2D eigenvalue weighted by molar-refractivity contribution is 0.313. The molecule has 0 spiro atoms. The summed E-state index contributed by atoms with van der Waals surface area (Å²) in [5.74, 6) is 1.09. The van der Waals surface area contributed by atoms with Crippen molar-refractivity contribution in [2.24, 2.45) is 10.4 Å². The zero-order valence-electron chi connectivity index (χ0n) is 14.7. The van der Waals surface area contributed by atoms with Crippen molar-refractivity contribution in [1.82, 2.24) is 4.90 Å². The second-order valence-corrected chi connectivity index (χ2v) is 7.08. The summed E-state index contributed by atoms with van der Waals surface area (Å²) < 4.78 is 0. The van der Waals surface area contributed by atoms with E-state index >= 15 is 0 Å². The maximum atomic E-state index is 4.54. The molecule has 0 amide bonds. The molecule has 1 aliphatic rings. The Morgan fingerprint density at radius 3 is 2.35 bits per heavy atom. The predicted molar refractivity (Wildman–Crippen MR) is 90.1 cm³/mol. The van der Waals surface area contributed by atoms with Gasteiger partial charge in [-0.15, -0.1) is 0 Å². The van der Waals surface area contributed by atoms with E-state index in [0.717, 1.165) is 5.84 Å². The number of amidine groups is 1. The van der Waals surface area contributed by atoms with Crippen LogP contribution in [0.3, 0.4) is 0 Å². The number of aliphatic imine (C=N–C) groups is 1. The van der Waals surface area contributed by atoms with Crippen LogP contribution in [0.25, 0.3) is 0 Å². The summed E-state index contributed by atoms with van der Waals surface area (Å²) in [7, 11) is 1.90. The second kappa shape index (κ2) is 6.60. The molecule has 0 atom stereocenters. The fourth-order valence-electron chi connectivity index (χ4n) is 2.98. The molecule has 0 radical (unpaired) electrons. The molecule has 0 N–H and O–H groups in total. The molecule has 0 heterocycles. The van der Waals surface area contributed by atoms with E-state index in [1.165, 1.54) is 36.1 Å². The highest BCUT2D eigenvalue weighted by Crippen LogP contribution is 2.41. The lowest BCUT2D eigenvalue weighted by Crippen LogP contribution is -2.38. The predicted octanol–water partition coefficient (Wildman–Crippen LogP) is 5.18. The minimum Gasteiger partial charge on any atom is -0.328 e. The van der Waals surface area contributed by atoms with Gasteiger partial charge in [0.15, 0.2) is 0 Å². The van der Waals surface area contributed by atoms with Crippen molar-refractivity contribution in [3.05, 3.63) is 22.9 Å². The Labute approximate surface area is 125 Å². The number of hydrogen-bond acceptors (Lipinski definition) is 1. The first-order valence-corrected chi connectivity index (χ1v) is 7.82. The Balaban J connectivity index is 3.31. The largest absolute Gasteiger partial charge is 0.328 e. The zero-order chi connectivity index (χ0) is 15.5. The van der Waals surface area contributed by atoms with Crippen LogP contribution in [0, 0.1) is 5.41 Å². The Morgan fingerprint density at radius 2 is 1.90 bits per heavy atom. The van der Waals surface area contributed by atoms with E-state index in [1.807, 2.05) is 7.05 Å². The minimum atomic E-state index is 0.310. The van der Waals surface area contributed by atoms with Crippen LogP contribution >= 0.6 is 0 Å². The fourth-order valence-corrected chi connectivity index (χ4v) is 2.98. The third-order valence-electron chi connectivity index (χ3n) is 4.36. The summed E-state index contributed by atoms with van der Waals surface area (Å²) >= 11 is 0. The molecule has 0 fully saturated rings. The Morgan fingerprint density at radius 1 is 1.30 bits per heavy atom. The van der Waals surface area contributed by atoms with Crippen LogP contribution in [0.15, 0.2) is 27.9 Å². The molecule has 20 heavy (non-hydrogen) atoms. The van der Waals surface area contributed by atoms with Crippen LogP contribution in [0.1, 0.15) is 67.7 Å². The highest BCUT2D eigenvalue weighted by atomic mass is 15.2. The van der Waals surface area contributed by atoms with Crippen LogP contribution in [-0.2, 0) is 0 Å². The Bertz CT molecular complexity index is 432. The lowest BCUT2D eigenvalue weighted by atomic mass is 9.74. The second-order valence-electron chi connectivity index (χ2n) is 7.08. The molecule has 0 bridgehead atoms. The van der Waals surface area contributed by atoms with Gasteiger partial charge in [-0.2, -0.15) is 0 Å². The summed E-state index contributed by atoms with van der Waals surface area (Å²) in [5.41, 5.74) is 4.62. The summed E-state index contributed by atoms with van der Waals surface area (Å²) in [6.07, 6.45) is 5.93. The molecule has 0 unspecified atom stereocenters. The normalized spacial score (nSPS) is 19.4. The van der Waals surface area contributed by atoms with Gasteiger partial charge in [-0.3, -0.25) is 4.99 Å². The first-order chi connectivity index (χ1) is 9.20. The van der Waals surface area contributed by atoms with Crippen molar-refractivity contribution in [1.29, 1.82) is 0 Å². The first kappa shape index (κ1) is 17.0. The van der Waals surface area contributed by atoms with Gasteiger partial charge in [0.05, 0.1) is 0 Å². The molecule has 0 aromatic rings. The number of hydrogen-bond donors (Lipinski definition) is 0. The van der Waals surface area contributed by atoms with Crippen molar-refractivity contribution in [3.8, 4) is 0 Å². The van der Waals surface area contributed by atoms with E-state index in [1.54, 1.807) is 0 Å². The van der Waals surface area contributed by atoms with Crippen LogP contribution in [-0.4, -0.2) is 23.8 Å². The average molecular weight is 276 g/mol. The van der Waals surface area contributed by atoms with E-state index in [-0.39, 0.29) is 0 Å². The highest BCUT2D eigenvalue weighted by molar-refractivity contribution is 5.95. The maximum absolute atomic E-state index is 4.54. The van der Waals surface area contributed by atoms with E-state index in [4.69, 9.17) is 0 Å². The third kappa shape index (κ3) is 3.74. The fraction of sp³-hybridized carbons (Fsp3) is 0.722. The summed E-state index contributed by atoms with van der Waals surface area (Å²) in [6.45, 7) is 15.8. The van der Waals surface area contributed by atoms with Gasteiger partial charge >= 0.3 is 0 Å². The minimum absolute atomic E-state index is 0.310. The van der Waals surface area contributed by atoms with Crippen molar-refractivity contribution >= 4 is 5.84 Å². The van der Waals surface area contributed by atoms with Crippen molar-refractivity contribution in [2.45, 2.75) is 73.8 Å². The van der Waals surface area contributed by atoms with Gasteiger partial charge in [0.1, 0.15) is 5.84 Å². The molecular weight excluding hydrogens is 244 g/mol. The molecule has 0 aromatic heterocycles. The van der Waals surface area contributed by atoms with Crippen molar-refractivity contribution in [2.75, 3.05) is 7.05 Å². The summed E-state index contributed by atoms with van der Waals surface area (Å²) in [6, 6.07) is 0.433. The lowest BCUT2D eigenvalue weighted by Gasteiger charge is -2.40. The molecule has 1 rings (SSSR count). The zero-order valence-corrected chi connectivity index (χ0v) is 14.7. The standard InChI is InChI=1S/C18H32N2/c1-13(2)12-17(19-8)20(14(3)4)16-10-9-11-18(6,7)15(16)5/h12,14H,9-11H2,1-8H3. The summed E-state index contributed by atoms with van der Waals surface area (Å²) in [5, 5.41) is 0. The monoisotopic (exact) mass is 276 g/mol. The van der Waals surface area contributed by atoms with Crippen LogP contribution in [0.2, 0.25) is 0 Å². The van der Waals surface area contributed by atoms with Crippen LogP contribution < -0.4 is 0 Å². The Hall–Kier alpha value is -1.05. The van der Waals surface area contributed by atoms with Gasteiger partial charge < -0.3 is 4.90 Å². The molecule has 0 aliphatic heterocycles. The quantitative estimate of drug-likeness (QED) is 0.512. The third-order valence-corrected chi connectivity index (χ3v) is 4.36. The van der Waals surface area contributed by atoms with Crippen molar-refractivity contribution < 1.29 is 0 Å². The topological polar surface area (TPSA) is 15.6 Å².